The lowest BCUT2D eigenvalue weighted by atomic mass is 9.68. The van der Waals surface area contributed by atoms with E-state index in [0.717, 1.165) is 28.2 Å². The van der Waals surface area contributed by atoms with Crippen LogP contribution in [0.15, 0.2) is 84.0 Å². The van der Waals surface area contributed by atoms with Gasteiger partial charge in [-0.1, -0.05) is 80.9 Å². The molecule has 0 aromatic heterocycles. The summed E-state index contributed by atoms with van der Waals surface area (Å²) in [5.41, 5.74) is 3.20. The van der Waals surface area contributed by atoms with E-state index < -0.39 is 5.54 Å². The van der Waals surface area contributed by atoms with Gasteiger partial charge in [-0.3, -0.25) is 4.79 Å². The number of nitrogens with one attached hydrogen (secondary N) is 1. The monoisotopic (exact) mass is 429 g/mol. The maximum atomic E-state index is 13.9. The molecule has 0 unspecified atom stereocenters. The summed E-state index contributed by atoms with van der Waals surface area (Å²) in [6, 6.07) is 25.7. The van der Waals surface area contributed by atoms with Crippen molar-refractivity contribution < 1.29 is 4.79 Å². The fourth-order valence-electron chi connectivity index (χ4n) is 4.80. The Labute approximate surface area is 187 Å². The Morgan fingerprint density at radius 2 is 1.61 bits per heavy atom. The summed E-state index contributed by atoms with van der Waals surface area (Å²) in [4.78, 5) is 13.9. The summed E-state index contributed by atoms with van der Waals surface area (Å²) in [5, 5.41) is 10.8. The number of anilines is 2. The molecular formula is C26H24ClN3O. The van der Waals surface area contributed by atoms with Gasteiger partial charge in [0.2, 0.25) is 0 Å². The normalized spacial score (nSPS) is 22.5. The van der Waals surface area contributed by atoms with E-state index in [1.807, 2.05) is 71.7 Å². The van der Waals surface area contributed by atoms with Gasteiger partial charge in [0.05, 0.1) is 17.3 Å². The number of hydrogen-bond acceptors (Lipinski definition) is 3. The number of hydrogen-bond donors (Lipinski definition) is 1. The highest BCUT2D eigenvalue weighted by Gasteiger charge is 2.63. The van der Waals surface area contributed by atoms with Gasteiger partial charge in [0, 0.05) is 21.7 Å². The van der Waals surface area contributed by atoms with Crippen LogP contribution in [0, 0.1) is 5.41 Å². The smallest absolute Gasteiger partial charge is 0.258 e. The summed E-state index contributed by atoms with van der Waals surface area (Å²) < 4.78 is 0. The minimum absolute atomic E-state index is 0.0922. The molecule has 2 heterocycles. The van der Waals surface area contributed by atoms with Crippen LogP contribution in [0.2, 0.25) is 5.02 Å². The topological polar surface area (TPSA) is 44.7 Å². The molecule has 156 valence electrons. The lowest BCUT2D eigenvalue weighted by molar-refractivity contribution is -0.120. The molecule has 0 saturated heterocycles. The van der Waals surface area contributed by atoms with Gasteiger partial charge in [-0.05, 0) is 35.9 Å². The third-order valence-electron chi connectivity index (χ3n) is 6.12. The van der Waals surface area contributed by atoms with Crippen molar-refractivity contribution in [3.63, 3.8) is 0 Å². The summed E-state index contributed by atoms with van der Waals surface area (Å²) in [6.07, 6.45) is 0. The number of fused-ring (bicyclic) bond motifs is 2. The fraction of sp³-hybridized carbons (Fsp3) is 0.231. The van der Waals surface area contributed by atoms with Crippen LogP contribution in [0.25, 0.3) is 0 Å². The zero-order valence-corrected chi connectivity index (χ0v) is 18.5. The second kappa shape index (κ2) is 6.96. The molecular weight excluding hydrogens is 406 g/mol. The first-order valence-corrected chi connectivity index (χ1v) is 10.8. The van der Waals surface area contributed by atoms with Gasteiger partial charge < -0.3 is 5.32 Å². The summed E-state index contributed by atoms with van der Waals surface area (Å²) in [6.45, 7) is 6.45. The molecule has 0 radical (unpaired) electrons. The molecule has 3 aromatic rings. The van der Waals surface area contributed by atoms with Crippen LogP contribution in [0.3, 0.4) is 0 Å². The number of nitrogens with zero attached hydrogens (tertiary/aromatic N) is 2. The lowest BCUT2D eigenvalue weighted by Gasteiger charge is -2.38. The quantitative estimate of drug-likeness (QED) is 0.527. The van der Waals surface area contributed by atoms with Gasteiger partial charge in [-0.25, -0.2) is 5.01 Å². The van der Waals surface area contributed by atoms with E-state index in [1.165, 1.54) is 0 Å². The molecule has 3 aromatic carbocycles. The maximum absolute atomic E-state index is 13.9. The third-order valence-corrected chi connectivity index (χ3v) is 6.36. The highest BCUT2D eigenvalue weighted by atomic mass is 35.5. The number of benzene rings is 3. The standard InChI is InChI=1S/C26H24ClN3O/c1-25(2,3)23-22(17-10-6-4-7-11-17)26(30(29-23)19-12-8-5-9-13-19)20-16-18(27)14-15-21(20)28-24(26)31/h4-16,22H,1-3H3,(H,28,31)/t22-,26-/m0/s1. The zero-order valence-electron chi connectivity index (χ0n) is 17.8. The Hall–Kier alpha value is -3.11. The Balaban J connectivity index is 1.87. The van der Waals surface area contributed by atoms with Crippen LogP contribution < -0.4 is 10.3 Å². The van der Waals surface area contributed by atoms with E-state index in [-0.39, 0.29) is 17.2 Å². The molecule has 31 heavy (non-hydrogen) atoms. The van der Waals surface area contributed by atoms with Crippen LogP contribution in [0.4, 0.5) is 11.4 Å². The van der Waals surface area contributed by atoms with Gasteiger partial charge >= 0.3 is 0 Å². The van der Waals surface area contributed by atoms with Gasteiger partial charge in [0.15, 0.2) is 5.54 Å². The van der Waals surface area contributed by atoms with Crippen LogP contribution >= 0.6 is 11.6 Å². The van der Waals surface area contributed by atoms with E-state index in [0.29, 0.717) is 5.02 Å². The molecule has 1 spiro atoms. The molecule has 2 aliphatic heterocycles. The van der Waals surface area contributed by atoms with Crippen molar-refractivity contribution in [1.29, 1.82) is 0 Å². The first-order chi connectivity index (χ1) is 14.8. The van der Waals surface area contributed by atoms with Crippen LogP contribution in [0.5, 0.6) is 0 Å². The number of rotatable bonds is 2. The van der Waals surface area contributed by atoms with Crippen molar-refractivity contribution >= 4 is 34.6 Å². The molecule has 0 aliphatic carbocycles. The molecule has 5 heteroatoms. The van der Waals surface area contributed by atoms with Gasteiger partial charge in [-0.2, -0.15) is 5.10 Å². The SMILES string of the molecule is CC(C)(C)C1=NN(c2ccccc2)[C@]2(C(=O)Nc3ccc(Cl)cc32)[C@H]1c1ccccc1. The summed E-state index contributed by atoms with van der Waals surface area (Å²) >= 11 is 6.45. The highest BCUT2D eigenvalue weighted by molar-refractivity contribution is 6.31. The number of carbonyl (C=O) groups excluding carboxylic acids is 1. The fourth-order valence-corrected chi connectivity index (χ4v) is 4.97. The van der Waals surface area contributed by atoms with Gasteiger partial charge in [0.1, 0.15) is 0 Å². The van der Waals surface area contributed by atoms with Crippen LogP contribution in [0.1, 0.15) is 37.8 Å². The Kier molecular flexibility index (Phi) is 4.45. The highest BCUT2D eigenvalue weighted by Crippen LogP contribution is 2.57. The number of halogens is 1. The van der Waals surface area contributed by atoms with Crippen molar-refractivity contribution in [2.75, 3.05) is 10.3 Å². The average Bonchev–Trinajstić information content (AvgIpc) is 3.26. The first kappa shape index (κ1) is 19.8. The largest absolute Gasteiger partial charge is 0.323 e. The molecule has 2 atom stereocenters. The summed E-state index contributed by atoms with van der Waals surface area (Å²) in [7, 11) is 0. The van der Waals surface area contributed by atoms with Crippen LogP contribution in [-0.2, 0) is 10.3 Å². The molecule has 0 bridgehead atoms. The van der Waals surface area contributed by atoms with Crippen LogP contribution in [-0.4, -0.2) is 11.6 Å². The van der Waals surface area contributed by atoms with Crippen molar-refractivity contribution in [2.24, 2.45) is 10.5 Å². The second-order valence-electron chi connectivity index (χ2n) is 9.14. The molecule has 1 N–H and O–H groups in total. The van der Waals surface area contributed by atoms with Crippen molar-refractivity contribution in [1.82, 2.24) is 0 Å². The van der Waals surface area contributed by atoms with E-state index >= 15 is 0 Å². The van der Waals surface area contributed by atoms with E-state index in [2.05, 4.69) is 38.2 Å². The first-order valence-electron chi connectivity index (χ1n) is 10.4. The minimum atomic E-state index is -1.06. The third kappa shape index (κ3) is 2.89. The number of amides is 1. The predicted molar refractivity (Wildman–Crippen MR) is 127 cm³/mol. The van der Waals surface area contributed by atoms with Gasteiger partial charge in [0.25, 0.3) is 5.91 Å². The van der Waals surface area contributed by atoms with Gasteiger partial charge in [-0.15, -0.1) is 0 Å². The van der Waals surface area contributed by atoms with E-state index in [1.54, 1.807) is 0 Å². The molecule has 0 saturated carbocycles. The molecule has 5 rings (SSSR count). The summed E-state index contributed by atoms with van der Waals surface area (Å²) in [5.74, 6) is -0.362. The number of hydrazone groups is 1. The predicted octanol–water partition coefficient (Wildman–Crippen LogP) is 6.19. The van der Waals surface area contributed by atoms with E-state index in [9.17, 15) is 4.79 Å². The maximum Gasteiger partial charge on any atom is 0.258 e. The van der Waals surface area contributed by atoms with E-state index in [4.69, 9.17) is 16.7 Å². The average molecular weight is 430 g/mol. The Morgan fingerprint density at radius 1 is 0.968 bits per heavy atom. The lowest BCUT2D eigenvalue weighted by Crippen LogP contribution is -2.51. The van der Waals surface area contributed by atoms with Crippen molar-refractivity contribution in [3.8, 4) is 0 Å². The van der Waals surface area contributed by atoms with Crippen molar-refractivity contribution in [2.45, 2.75) is 32.2 Å². The Morgan fingerprint density at radius 3 is 2.26 bits per heavy atom. The molecule has 0 fully saturated rings. The Bertz CT molecular complexity index is 1180. The number of para-hydroxylation sites is 1. The van der Waals surface area contributed by atoms with Crippen molar-refractivity contribution in [3.05, 3.63) is 95.0 Å². The molecule has 1 amide bonds. The molecule has 4 nitrogen and oxygen atoms in total. The zero-order chi connectivity index (χ0) is 21.8. The minimum Gasteiger partial charge on any atom is -0.323 e. The molecule has 2 aliphatic rings. The second-order valence-corrected chi connectivity index (χ2v) is 9.57. The number of carbonyl (C=O) groups is 1.